The number of carbonyl (C=O) groups is 3. The number of benzene rings is 2. The van der Waals surface area contributed by atoms with E-state index in [0.29, 0.717) is 22.8 Å². The van der Waals surface area contributed by atoms with Crippen LogP contribution >= 0.6 is 0 Å². The summed E-state index contributed by atoms with van der Waals surface area (Å²) in [6.07, 6.45) is -0.365. The molecular formula is C20H23N3O4. The number of para-hydroxylation sites is 2. The Hall–Kier alpha value is -3.35. The number of anilines is 3. The maximum Gasteiger partial charge on any atom is 0.233 e. The molecular weight excluding hydrogens is 346 g/mol. The van der Waals surface area contributed by atoms with E-state index in [2.05, 4.69) is 16.0 Å². The summed E-state index contributed by atoms with van der Waals surface area (Å²) in [6.45, 7) is 5.20. The highest BCUT2D eigenvalue weighted by Gasteiger charge is 2.13. The van der Waals surface area contributed by atoms with Crippen LogP contribution in [0.3, 0.4) is 0 Å². The van der Waals surface area contributed by atoms with Crippen LogP contribution in [-0.4, -0.2) is 23.8 Å². The van der Waals surface area contributed by atoms with Crippen LogP contribution in [0.15, 0.2) is 48.5 Å². The van der Waals surface area contributed by atoms with Crippen LogP contribution in [0.4, 0.5) is 17.1 Å². The van der Waals surface area contributed by atoms with E-state index in [1.165, 1.54) is 6.92 Å². The Bertz CT molecular complexity index is 816. The van der Waals surface area contributed by atoms with Gasteiger partial charge in [-0.1, -0.05) is 12.1 Å². The highest BCUT2D eigenvalue weighted by atomic mass is 16.5. The lowest BCUT2D eigenvalue weighted by Gasteiger charge is -2.14. The quantitative estimate of drug-likeness (QED) is 0.652. The third-order valence-corrected chi connectivity index (χ3v) is 3.33. The molecule has 3 N–H and O–H groups in total. The van der Waals surface area contributed by atoms with E-state index >= 15 is 0 Å². The molecule has 0 bridgehead atoms. The van der Waals surface area contributed by atoms with Crippen molar-refractivity contribution >= 4 is 34.8 Å². The molecule has 7 heteroatoms. The monoisotopic (exact) mass is 369 g/mol. The van der Waals surface area contributed by atoms with Gasteiger partial charge in [-0.15, -0.1) is 0 Å². The van der Waals surface area contributed by atoms with E-state index in [1.807, 2.05) is 19.9 Å². The van der Waals surface area contributed by atoms with Gasteiger partial charge in [0.25, 0.3) is 0 Å². The van der Waals surface area contributed by atoms with Gasteiger partial charge in [-0.05, 0) is 50.2 Å². The number of hydrogen-bond donors (Lipinski definition) is 3. The average molecular weight is 369 g/mol. The maximum atomic E-state index is 12.2. The first-order valence-electron chi connectivity index (χ1n) is 8.56. The van der Waals surface area contributed by atoms with E-state index < -0.39 is 11.8 Å². The fourth-order valence-electron chi connectivity index (χ4n) is 2.31. The first-order valence-corrected chi connectivity index (χ1v) is 8.56. The maximum absolute atomic E-state index is 12.2. The van der Waals surface area contributed by atoms with Crippen LogP contribution in [0.5, 0.6) is 5.75 Å². The number of carbonyl (C=O) groups excluding carboxylic acids is 3. The van der Waals surface area contributed by atoms with Crippen LogP contribution in [0, 0.1) is 0 Å². The molecule has 0 heterocycles. The number of amides is 3. The van der Waals surface area contributed by atoms with Gasteiger partial charge in [-0.3, -0.25) is 14.4 Å². The molecule has 2 aromatic rings. The molecule has 3 amide bonds. The van der Waals surface area contributed by atoms with Gasteiger partial charge in [0.2, 0.25) is 17.7 Å². The Morgan fingerprint density at radius 2 is 1.41 bits per heavy atom. The summed E-state index contributed by atoms with van der Waals surface area (Å²) in [5.41, 5.74) is 1.68. The minimum Gasteiger partial charge on any atom is -0.489 e. The third-order valence-electron chi connectivity index (χ3n) is 3.33. The second-order valence-corrected chi connectivity index (χ2v) is 6.19. The number of nitrogens with one attached hydrogen (secondary N) is 3. The van der Waals surface area contributed by atoms with Gasteiger partial charge in [0.15, 0.2) is 0 Å². The van der Waals surface area contributed by atoms with Gasteiger partial charge < -0.3 is 20.7 Å². The molecule has 0 spiro atoms. The first kappa shape index (κ1) is 20.0. The Morgan fingerprint density at radius 3 is 2.00 bits per heavy atom. The SMILES string of the molecule is CC(=O)Nc1ccc(NC(=O)CC(=O)Nc2ccccc2OC(C)C)cc1. The third kappa shape index (κ3) is 6.81. The van der Waals surface area contributed by atoms with Gasteiger partial charge in [-0.25, -0.2) is 0 Å². The minimum absolute atomic E-state index is 0.0354. The van der Waals surface area contributed by atoms with E-state index in [-0.39, 0.29) is 18.4 Å². The molecule has 0 atom stereocenters. The lowest BCUT2D eigenvalue weighted by Crippen LogP contribution is -2.22. The highest BCUT2D eigenvalue weighted by Crippen LogP contribution is 2.25. The predicted molar refractivity (Wildman–Crippen MR) is 105 cm³/mol. The molecule has 0 aromatic heterocycles. The summed E-state index contributed by atoms with van der Waals surface area (Å²) >= 11 is 0. The normalized spacial score (nSPS) is 10.2. The summed E-state index contributed by atoms with van der Waals surface area (Å²) in [5, 5.41) is 7.97. The molecule has 2 rings (SSSR count). The molecule has 0 radical (unpaired) electrons. The summed E-state index contributed by atoms with van der Waals surface area (Å²) in [7, 11) is 0. The summed E-state index contributed by atoms with van der Waals surface area (Å²) in [5.74, 6) is -0.510. The molecule has 0 aliphatic heterocycles. The van der Waals surface area contributed by atoms with Crippen molar-refractivity contribution in [3.8, 4) is 5.75 Å². The molecule has 7 nitrogen and oxygen atoms in total. The van der Waals surface area contributed by atoms with Crippen LogP contribution in [0.1, 0.15) is 27.2 Å². The molecule has 0 saturated heterocycles. The molecule has 0 saturated carbocycles. The Balaban J connectivity index is 1.90. The Labute approximate surface area is 158 Å². The van der Waals surface area contributed by atoms with Crippen molar-refractivity contribution < 1.29 is 19.1 Å². The highest BCUT2D eigenvalue weighted by molar-refractivity contribution is 6.08. The topological polar surface area (TPSA) is 96.5 Å². The van der Waals surface area contributed by atoms with Crippen LogP contribution in [0.25, 0.3) is 0 Å². The lowest BCUT2D eigenvalue weighted by molar-refractivity contribution is -0.123. The number of ether oxygens (including phenoxy) is 1. The molecule has 0 unspecified atom stereocenters. The largest absolute Gasteiger partial charge is 0.489 e. The predicted octanol–water partition coefficient (Wildman–Crippen LogP) is 3.40. The number of hydrogen-bond acceptors (Lipinski definition) is 4. The second kappa shape index (κ2) is 9.38. The Morgan fingerprint density at radius 1 is 0.852 bits per heavy atom. The summed E-state index contributed by atoms with van der Waals surface area (Å²) < 4.78 is 5.64. The van der Waals surface area contributed by atoms with Crippen LogP contribution < -0.4 is 20.7 Å². The van der Waals surface area contributed by atoms with Crippen molar-refractivity contribution in [2.45, 2.75) is 33.3 Å². The van der Waals surface area contributed by atoms with Crippen molar-refractivity contribution in [3.05, 3.63) is 48.5 Å². The van der Waals surface area contributed by atoms with Crippen molar-refractivity contribution in [3.63, 3.8) is 0 Å². The van der Waals surface area contributed by atoms with Crippen molar-refractivity contribution in [1.29, 1.82) is 0 Å². The van der Waals surface area contributed by atoms with Gasteiger partial charge in [0.05, 0.1) is 11.8 Å². The number of rotatable bonds is 7. The zero-order valence-corrected chi connectivity index (χ0v) is 15.5. The zero-order valence-electron chi connectivity index (χ0n) is 15.5. The van der Waals surface area contributed by atoms with Gasteiger partial charge >= 0.3 is 0 Å². The molecule has 0 aliphatic carbocycles. The van der Waals surface area contributed by atoms with E-state index in [1.54, 1.807) is 42.5 Å². The standard InChI is InChI=1S/C20H23N3O4/c1-13(2)27-18-7-5-4-6-17(18)23-20(26)12-19(25)22-16-10-8-15(9-11-16)21-14(3)24/h4-11,13H,12H2,1-3H3,(H,21,24)(H,22,25)(H,23,26). The van der Waals surface area contributed by atoms with Gasteiger partial charge in [0.1, 0.15) is 12.2 Å². The molecule has 142 valence electrons. The van der Waals surface area contributed by atoms with Crippen LogP contribution in [0.2, 0.25) is 0 Å². The minimum atomic E-state index is -0.443. The van der Waals surface area contributed by atoms with E-state index in [0.717, 1.165) is 0 Å². The van der Waals surface area contributed by atoms with Crippen molar-refractivity contribution in [1.82, 2.24) is 0 Å². The van der Waals surface area contributed by atoms with E-state index in [9.17, 15) is 14.4 Å². The molecule has 2 aromatic carbocycles. The lowest BCUT2D eigenvalue weighted by atomic mass is 10.2. The van der Waals surface area contributed by atoms with Gasteiger partial charge in [0, 0.05) is 18.3 Å². The van der Waals surface area contributed by atoms with Crippen molar-refractivity contribution in [2.75, 3.05) is 16.0 Å². The van der Waals surface area contributed by atoms with Gasteiger partial charge in [-0.2, -0.15) is 0 Å². The van der Waals surface area contributed by atoms with Crippen molar-refractivity contribution in [2.24, 2.45) is 0 Å². The summed E-state index contributed by atoms with van der Waals surface area (Å²) in [6, 6.07) is 13.7. The summed E-state index contributed by atoms with van der Waals surface area (Å²) in [4.78, 5) is 35.2. The first-order chi connectivity index (χ1) is 12.8. The smallest absolute Gasteiger partial charge is 0.233 e. The van der Waals surface area contributed by atoms with E-state index in [4.69, 9.17) is 4.74 Å². The molecule has 0 fully saturated rings. The second-order valence-electron chi connectivity index (χ2n) is 6.19. The fourth-order valence-corrected chi connectivity index (χ4v) is 2.31. The average Bonchev–Trinajstić information content (AvgIpc) is 2.57. The molecule has 0 aliphatic rings. The molecule has 27 heavy (non-hydrogen) atoms. The zero-order chi connectivity index (χ0) is 19.8. The fraction of sp³-hybridized carbons (Fsp3) is 0.250. The Kier molecular flexibility index (Phi) is 6.93. The van der Waals surface area contributed by atoms with Crippen LogP contribution in [-0.2, 0) is 14.4 Å².